The van der Waals surface area contributed by atoms with Crippen LogP contribution in [0.1, 0.15) is 43.7 Å². The summed E-state index contributed by atoms with van der Waals surface area (Å²) in [5.74, 6) is 0.636. The molecular formula is C22H31N3O3S. The first-order valence-corrected chi connectivity index (χ1v) is 11.3. The van der Waals surface area contributed by atoms with Crippen molar-refractivity contribution in [1.82, 2.24) is 10.6 Å². The Kier molecular flexibility index (Phi) is 7.61. The van der Waals surface area contributed by atoms with E-state index in [0.29, 0.717) is 23.8 Å². The highest BCUT2D eigenvalue weighted by molar-refractivity contribution is 8.00. The molecule has 7 heteroatoms. The van der Waals surface area contributed by atoms with E-state index in [1.807, 2.05) is 23.9 Å². The number of carbonyl (C=O) groups excluding carboxylic acids is 2. The first-order chi connectivity index (χ1) is 14.0. The van der Waals surface area contributed by atoms with Gasteiger partial charge >= 0.3 is 12.0 Å². The van der Waals surface area contributed by atoms with E-state index >= 15 is 0 Å². The van der Waals surface area contributed by atoms with E-state index in [2.05, 4.69) is 40.5 Å². The van der Waals surface area contributed by atoms with Crippen molar-refractivity contribution in [3.63, 3.8) is 0 Å². The van der Waals surface area contributed by atoms with Crippen LogP contribution in [0.15, 0.2) is 30.3 Å². The number of methoxy groups -OCH3 is 1. The number of urea groups is 1. The SMILES string of the molecule is COC(=O)[C@@H](N)Cc1ccc(/C(C)=C/CCCC[C@@H]2SC[C@@H]3NC(=O)N[C@@H]32)cc1. The van der Waals surface area contributed by atoms with Crippen molar-refractivity contribution in [3.05, 3.63) is 41.5 Å². The molecule has 3 rings (SSSR count). The predicted molar refractivity (Wildman–Crippen MR) is 118 cm³/mol. The molecule has 0 aromatic heterocycles. The fourth-order valence-corrected chi connectivity index (χ4v) is 5.51. The number of nitrogens with one attached hydrogen (secondary N) is 2. The number of rotatable bonds is 9. The minimum absolute atomic E-state index is 0.0119. The largest absolute Gasteiger partial charge is 0.468 e. The number of allylic oxidation sites excluding steroid dienone is 2. The van der Waals surface area contributed by atoms with Crippen molar-refractivity contribution in [2.75, 3.05) is 12.9 Å². The van der Waals surface area contributed by atoms with E-state index in [4.69, 9.17) is 5.73 Å². The maximum Gasteiger partial charge on any atom is 0.322 e. The summed E-state index contributed by atoms with van der Waals surface area (Å²) in [6.45, 7) is 2.13. The van der Waals surface area contributed by atoms with E-state index in [-0.39, 0.29) is 12.0 Å². The average molecular weight is 418 g/mol. The summed E-state index contributed by atoms with van der Waals surface area (Å²) in [6, 6.07) is 8.18. The van der Waals surface area contributed by atoms with Gasteiger partial charge in [-0.1, -0.05) is 36.8 Å². The van der Waals surface area contributed by atoms with Crippen LogP contribution in [-0.4, -0.2) is 48.2 Å². The maximum absolute atomic E-state index is 11.4. The fourth-order valence-electron chi connectivity index (χ4n) is 3.96. The molecule has 29 heavy (non-hydrogen) atoms. The molecule has 0 aliphatic carbocycles. The monoisotopic (exact) mass is 417 g/mol. The second-order valence-corrected chi connectivity index (χ2v) is 9.10. The van der Waals surface area contributed by atoms with Gasteiger partial charge in [-0.25, -0.2) is 4.79 Å². The smallest absolute Gasteiger partial charge is 0.322 e. The molecule has 0 saturated carbocycles. The Labute approximate surface area is 177 Å². The van der Waals surface area contributed by atoms with Crippen LogP contribution in [0.4, 0.5) is 4.79 Å². The standard InChI is InChI=1S/C22H31N3O3S/c1-14(16-10-8-15(9-11-16)12-17(23)21(26)28-2)6-4-3-5-7-19-20-18(13-29-19)24-22(27)25-20/h6,8-11,17-20H,3-5,7,12-13,23H2,1-2H3,(H2,24,25,27)/b14-6+/t17-,18-,19-,20-/m0/s1. The summed E-state index contributed by atoms with van der Waals surface area (Å²) >= 11 is 1.98. The van der Waals surface area contributed by atoms with E-state index in [0.717, 1.165) is 30.6 Å². The van der Waals surface area contributed by atoms with Gasteiger partial charge in [0.25, 0.3) is 0 Å². The van der Waals surface area contributed by atoms with Gasteiger partial charge in [0.2, 0.25) is 0 Å². The number of hydrogen-bond acceptors (Lipinski definition) is 5. The first-order valence-electron chi connectivity index (χ1n) is 10.3. The van der Waals surface area contributed by atoms with Crippen LogP contribution < -0.4 is 16.4 Å². The van der Waals surface area contributed by atoms with Crippen molar-refractivity contribution in [1.29, 1.82) is 0 Å². The van der Waals surface area contributed by atoms with Gasteiger partial charge in [-0.3, -0.25) is 4.79 Å². The minimum Gasteiger partial charge on any atom is -0.468 e. The van der Waals surface area contributed by atoms with Crippen LogP contribution in [0.2, 0.25) is 0 Å². The highest BCUT2D eigenvalue weighted by Gasteiger charge is 2.42. The number of thioether (sulfide) groups is 1. The number of hydrogen-bond donors (Lipinski definition) is 3. The van der Waals surface area contributed by atoms with E-state index in [1.54, 1.807) is 0 Å². The Balaban J connectivity index is 1.39. The number of carbonyl (C=O) groups is 2. The van der Waals surface area contributed by atoms with Crippen molar-refractivity contribution in [2.45, 2.75) is 62.4 Å². The summed E-state index contributed by atoms with van der Waals surface area (Å²) in [5, 5.41) is 6.58. The Hall–Kier alpha value is -1.99. The third-order valence-electron chi connectivity index (χ3n) is 5.70. The van der Waals surface area contributed by atoms with Gasteiger partial charge in [0.1, 0.15) is 6.04 Å². The van der Waals surface area contributed by atoms with Gasteiger partial charge < -0.3 is 21.1 Å². The van der Waals surface area contributed by atoms with Crippen molar-refractivity contribution < 1.29 is 14.3 Å². The lowest BCUT2D eigenvalue weighted by Crippen LogP contribution is -2.36. The minimum atomic E-state index is -0.621. The Morgan fingerprint density at radius 3 is 2.79 bits per heavy atom. The second kappa shape index (κ2) is 10.2. The molecule has 0 radical (unpaired) electrons. The predicted octanol–water partition coefficient (Wildman–Crippen LogP) is 2.86. The first kappa shape index (κ1) is 21.7. The topological polar surface area (TPSA) is 93.4 Å². The lowest BCUT2D eigenvalue weighted by molar-refractivity contribution is -0.142. The summed E-state index contributed by atoms with van der Waals surface area (Å²) in [5.41, 5.74) is 9.30. The number of esters is 1. The number of fused-ring (bicyclic) bond motifs is 1. The summed E-state index contributed by atoms with van der Waals surface area (Å²) in [6.07, 6.45) is 7.29. The molecule has 6 nitrogen and oxygen atoms in total. The van der Waals surface area contributed by atoms with Gasteiger partial charge in [0, 0.05) is 11.0 Å². The van der Waals surface area contributed by atoms with Gasteiger partial charge in [-0.2, -0.15) is 11.8 Å². The Morgan fingerprint density at radius 2 is 2.07 bits per heavy atom. The number of benzene rings is 1. The highest BCUT2D eigenvalue weighted by Crippen LogP contribution is 2.33. The number of ether oxygens (including phenoxy) is 1. The van der Waals surface area contributed by atoms with Crippen LogP contribution >= 0.6 is 11.8 Å². The molecule has 4 atom stereocenters. The number of unbranched alkanes of at least 4 members (excludes halogenated alkanes) is 2. The molecule has 1 aromatic rings. The Bertz CT molecular complexity index is 750. The van der Waals surface area contributed by atoms with Gasteiger partial charge in [0.05, 0.1) is 19.2 Å². The second-order valence-electron chi connectivity index (χ2n) is 7.82. The molecule has 0 spiro atoms. The molecule has 2 aliphatic heterocycles. The van der Waals surface area contributed by atoms with Crippen LogP contribution in [-0.2, 0) is 16.0 Å². The number of nitrogens with two attached hydrogens (primary N) is 1. The lowest BCUT2D eigenvalue weighted by atomic mass is 10.00. The molecule has 2 amide bonds. The molecule has 0 bridgehead atoms. The Morgan fingerprint density at radius 1 is 1.31 bits per heavy atom. The fraction of sp³-hybridized carbons (Fsp3) is 0.545. The molecule has 2 aliphatic rings. The quantitative estimate of drug-likeness (QED) is 0.326. The van der Waals surface area contributed by atoms with Crippen LogP contribution in [0, 0.1) is 0 Å². The molecular weight excluding hydrogens is 386 g/mol. The van der Waals surface area contributed by atoms with Gasteiger partial charge in [-0.05, 0) is 49.3 Å². The molecule has 2 saturated heterocycles. The highest BCUT2D eigenvalue weighted by atomic mass is 32.2. The zero-order valence-electron chi connectivity index (χ0n) is 17.1. The third kappa shape index (κ3) is 5.76. The molecule has 158 valence electrons. The van der Waals surface area contributed by atoms with E-state index in [1.165, 1.54) is 24.7 Å². The van der Waals surface area contributed by atoms with Crippen molar-refractivity contribution in [2.24, 2.45) is 5.73 Å². The normalized spacial score (nSPS) is 24.6. The molecule has 1 aromatic carbocycles. The van der Waals surface area contributed by atoms with E-state index < -0.39 is 6.04 Å². The van der Waals surface area contributed by atoms with Crippen LogP contribution in [0.3, 0.4) is 0 Å². The average Bonchev–Trinajstić information content (AvgIpc) is 3.26. The summed E-state index contributed by atoms with van der Waals surface area (Å²) in [4.78, 5) is 22.9. The third-order valence-corrected chi connectivity index (χ3v) is 7.21. The lowest BCUT2D eigenvalue weighted by Gasteiger charge is -2.16. The maximum atomic E-state index is 11.4. The van der Waals surface area contributed by atoms with E-state index in [9.17, 15) is 9.59 Å². The molecule has 2 fully saturated rings. The number of amides is 2. The summed E-state index contributed by atoms with van der Waals surface area (Å²) < 4.78 is 4.67. The van der Waals surface area contributed by atoms with Gasteiger partial charge in [0.15, 0.2) is 0 Å². The van der Waals surface area contributed by atoms with Crippen molar-refractivity contribution >= 4 is 29.3 Å². The zero-order valence-corrected chi connectivity index (χ0v) is 18.0. The van der Waals surface area contributed by atoms with Crippen LogP contribution in [0.5, 0.6) is 0 Å². The summed E-state index contributed by atoms with van der Waals surface area (Å²) in [7, 11) is 1.35. The molecule has 0 unspecified atom stereocenters. The molecule has 2 heterocycles. The zero-order chi connectivity index (χ0) is 20.8. The molecule has 4 N–H and O–H groups in total. The van der Waals surface area contributed by atoms with Crippen LogP contribution in [0.25, 0.3) is 5.57 Å². The van der Waals surface area contributed by atoms with Crippen molar-refractivity contribution in [3.8, 4) is 0 Å². The van der Waals surface area contributed by atoms with Gasteiger partial charge in [-0.15, -0.1) is 0 Å².